The van der Waals surface area contributed by atoms with Gasteiger partial charge in [-0.25, -0.2) is 0 Å². The topological polar surface area (TPSA) is 207 Å². The number of aryl methyl sites for hydroxylation is 8. The van der Waals surface area contributed by atoms with E-state index in [1.54, 1.807) is 5.56 Å². The molecule has 0 fully saturated rings. The number of nitro groups is 3. The number of fused-ring (bicyclic) bond motifs is 10. The number of Topliss-reactive ketones (excluding diaryl/α,β-unsaturated/α-hetero) is 3. The van der Waals surface area contributed by atoms with Crippen LogP contribution in [0, 0.1) is 30.3 Å². The first kappa shape index (κ1) is 67.4. The van der Waals surface area contributed by atoms with Crippen LogP contribution in [0.2, 0.25) is 0 Å². The van der Waals surface area contributed by atoms with Gasteiger partial charge in [-0.1, -0.05) is 92.4 Å². The lowest BCUT2D eigenvalue weighted by molar-refractivity contribution is -0.386. The van der Waals surface area contributed by atoms with Gasteiger partial charge in [0.2, 0.25) is 0 Å². The maximum Gasteiger partial charge on any atom is 0.283 e. The highest BCUT2D eigenvalue weighted by atomic mass is 79.9. The third-order valence-electron chi connectivity index (χ3n) is 21.8. The van der Waals surface area contributed by atoms with Gasteiger partial charge in [-0.15, -0.1) is 0 Å². The average molecular weight is 1370 g/mol. The summed E-state index contributed by atoms with van der Waals surface area (Å²) in [5.74, 6) is 1.09. The van der Waals surface area contributed by atoms with Crippen molar-refractivity contribution in [2.24, 2.45) is 0 Å². The minimum absolute atomic E-state index is 0. The van der Waals surface area contributed by atoms with Gasteiger partial charge in [0, 0.05) is 63.9 Å². The van der Waals surface area contributed by atoms with Crippen LogP contribution >= 0.6 is 7.26 Å². The van der Waals surface area contributed by atoms with Gasteiger partial charge in [-0.3, -0.25) is 44.7 Å². The molecule has 492 valence electrons. The second-order valence-corrected chi connectivity index (χ2v) is 30.9. The first-order valence-corrected chi connectivity index (χ1v) is 36.6. The van der Waals surface area contributed by atoms with Crippen LogP contribution in [0.3, 0.4) is 0 Å². The Morgan fingerprint density at radius 3 is 1.34 bits per heavy atom. The normalized spacial score (nSPS) is 17.0. The lowest BCUT2D eigenvalue weighted by Gasteiger charge is -2.22. The Bertz CT molecular complexity index is 4280. The molecule has 8 aromatic carbocycles. The minimum Gasteiger partial charge on any atom is -1.00 e. The summed E-state index contributed by atoms with van der Waals surface area (Å²) in [6, 6.07) is 45.5. The molecule has 0 aliphatic heterocycles. The number of nitrogens with zero attached hydrogens (tertiary/aromatic N) is 3. The van der Waals surface area contributed by atoms with Crippen LogP contribution in [0.15, 0.2) is 134 Å². The molecule has 10 aliphatic carbocycles. The van der Waals surface area contributed by atoms with Gasteiger partial charge in [-0.05, 0) is 268 Å². The molecular formula is C81H82BrN4O9P. The van der Waals surface area contributed by atoms with Crippen molar-refractivity contribution in [2.45, 2.75) is 173 Å². The Morgan fingerprint density at radius 2 is 0.792 bits per heavy atom. The summed E-state index contributed by atoms with van der Waals surface area (Å²) in [7, 11) is -1.53. The average Bonchev–Trinajstić information content (AvgIpc) is 1.05. The van der Waals surface area contributed by atoms with Crippen LogP contribution in [0.1, 0.15) is 203 Å². The van der Waals surface area contributed by atoms with E-state index in [0.29, 0.717) is 53.8 Å². The second kappa shape index (κ2) is 28.6. The van der Waals surface area contributed by atoms with Gasteiger partial charge >= 0.3 is 0 Å². The Hall–Kier alpha value is -8.58. The van der Waals surface area contributed by atoms with Gasteiger partial charge in [-0.2, -0.15) is 0 Å². The van der Waals surface area contributed by atoms with Crippen LogP contribution < -0.4 is 38.6 Å². The number of nitro benzene ring substituents is 3. The van der Waals surface area contributed by atoms with Gasteiger partial charge in [0.15, 0.2) is 17.3 Å². The molecule has 13 nitrogen and oxygen atoms in total. The van der Waals surface area contributed by atoms with Crippen molar-refractivity contribution < 1.29 is 46.1 Å². The van der Waals surface area contributed by atoms with E-state index in [0.717, 1.165) is 151 Å². The largest absolute Gasteiger partial charge is 1.00 e. The molecule has 0 saturated carbocycles. The predicted molar refractivity (Wildman–Crippen MR) is 380 cm³/mol. The van der Waals surface area contributed by atoms with Crippen molar-refractivity contribution >= 4 is 68.8 Å². The van der Waals surface area contributed by atoms with E-state index in [2.05, 4.69) is 135 Å². The Morgan fingerprint density at radius 1 is 0.396 bits per heavy atom. The zero-order valence-corrected chi connectivity index (χ0v) is 57.5. The monoisotopic (exact) mass is 1360 g/mol. The van der Waals surface area contributed by atoms with E-state index < -0.39 is 7.26 Å². The number of nitrogens with two attached hydrogens (primary N) is 1. The van der Waals surface area contributed by atoms with Crippen LogP contribution in [-0.4, -0.2) is 38.8 Å². The highest BCUT2D eigenvalue weighted by molar-refractivity contribution is 7.95. The Kier molecular flexibility index (Phi) is 20.1. The number of benzene rings is 8. The lowest BCUT2D eigenvalue weighted by Crippen LogP contribution is -3.00. The molecule has 1 atom stereocenters. The quantitative estimate of drug-likeness (QED) is 0.0721. The summed E-state index contributed by atoms with van der Waals surface area (Å²) in [6.45, 7) is 8.73. The summed E-state index contributed by atoms with van der Waals surface area (Å²) in [5.41, 5.74) is 30.9. The van der Waals surface area contributed by atoms with E-state index in [1.807, 2.05) is 12.1 Å². The molecule has 0 radical (unpaired) electrons. The summed E-state index contributed by atoms with van der Waals surface area (Å²) in [4.78, 5) is 67.3. The third kappa shape index (κ3) is 13.0. The molecule has 15 heteroatoms. The fourth-order valence-corrected chi connectivity index (χ4v) is 20.1. The second-order valence-electron chi connectivity index (χ2n) is 27.3. The van der Waals surface area contributed by atoms with Crippen molar-refractivity contribution in [3.63, 3.8) is 0 Å². The number of allylic oxidation sites excluding steroid dienone is 1. The summed E-state index contributed by atoms with van der Waals surface area (Å²) < 4.78 is 0. The van der Waals surface area contributed by atoms with Crippen molar-refractivity contribution in [3.05, 3.63) is 276 Å². The standard InChI is InChI=1S/C19H18P.C13H13NO2.C13H17N.2C12H11NO3.C12H12O.BrH/c1-20(17-11-5-2-6-12-17,18-13-7-3-8-14-18)19-15-9-4-10-16-19;1-8-5-6-11-12(8)7-9-3-2-4-10(9)13(11)14(15)16;1-8-5-6-11-12(8)7-9-3-2-4-10(9)13(11)14;14-10-5-4-8-6-7-2-1-3-9(7)12(11(8)10)13(15)16;14-11-5-4-9-10(11)6-7-2-1-3-8(7)12(9)13(15)16;13-12-5-4-10-6-8-2-1-3-9(8)7-11(10)12;/h2-16H,1H3;7H,1-6H2;7-8H,2-6,14H2,1H3;2*6H,1-5H2;6-7H,1-5H2;1H/q+1;;;;;;/p-1. The molecule has 0 amide bonds. The highest BCUT2D eigenvalue weighted by Crippen LogP contribution is 2.52. The molecular weight excluding hydrogens is 1280 g/mol. The number of nitrogen functional groups attached to an aromatic ring is 1. The maximum atomic E-state index is 11.7. The first-order valence-electron chi connectivity index (χ1n) is 34.3. The predicted octanol–water partition coefficient (Wildman–Crippen LogP) is 13.2. The lowest BCUT2D eigenvalue weighted by atomic mass is 9.96. The first-order chi connectivity index (χ1) is 46.0. The zero-order chi connectivity index (χ0) is 66.2. The fraction of sp³-hybridized carbons (Fsp3) is 0.346. The molecule has 8 aromatic rings. The molecule has 10 aliphatic rings. The van der Waals surface area contributed by atoms with E-state index in [-0.39, 0.29) is 54.7 Å². The molecule has 0 spiro atoms. The van der Waals surface area contributed by atoms with Gasteiger partial charge < -0.3 is 22.7 Å². The zero-order valence-electron chi connectivity index (χ0n) is 55.0. The number of carbonyl (C=O) groups excluding carboxylic acids is 3. The van der Waals surface area contributed by atoms with E-state index in [4.69, 9.17) is 5.73 Å². The molecule has 0 heterocycles. The number of anilines is 1. The van der Waals surface area contributed by atoms with Crippen molar-refractivity contribution in [1.82, 2.24) is 0 Å². The molecule has 0 aromatic heterocycles. The smallest absolute Gasteiger partial charge is 0.283 e. The van der Waals surface area contributed by atoms with Crippen LogP contribution in [0.25, 0.3) is 5.57 Å². The van der Waals surface area contributed by atoms with Crippen molar-refractivity contribution in [3.8, 4) is 0 Å². The molecule has 2 N–H and O–H groups in total. The number of carbonyl (C=O) groups is 3. The van der Waals surface area contributed by atoms with Crippen LogP contribution in [0.5, 0.6) is 0 Å². The van der Waals surface area contributed by atoms with Gasteiger partial charge in [0.25, 0.3) is 17.1 Å². The third-order valence-corrected chi connectivity index (χ3v) is 25.8. The molecule has 0 saturated heterocycles. The van der Waals surface area contributed by atoms with Crippen molar-refractivity contribution in [2.75, 3.05) is 12.4 Å². The van der Waals surface area contributed by atoms with E-state index >= 15 is 0 Å². The van der Waals surface area contributed by atoms with Crippen LogP contribution in [0.4, 0.5) is 22.7 Å². The molecule has 0 bridgehead atoms. The van der Waals surface area contributed by atoms with Gasteiger partial charge in [0.1, 0.15) is 23.2 Å². The van der Waals surface area contributed by atoms with E-state index in [1.165, 1.54) is 106 Å². The Labute approximate surface area is 573 Å². The van der Waals surface area contributed by atoms with E-state index in [9.17, 15) is 44.7 Å². The molecule has 18 rings (SSSR count). The SMILES string of the molecule is C=C1CCc2c1cc1c(c2[N+](=O)[O-])CCC1.CC1CCc2c1cc1c(c2N)CCC1.C[P+](c1ccccc1)(c1ccccc1)c1ccccc1.O=C1CCc2c1cc1c(c2[N+](=O)[O-])CCC1.O=C1CCc2cc3c(c([N+](=O)[O-])c21)CCC3.O=C1CCc2cc3c(cc21)CCC3.[Br-]. The summed E-state index contributed by atoms with van der Waals surface area (Å²) >= 11 is 0. The maximum absolute atomic E-state index is 11.7. The molecule has 96 heavy (non-hydrogen) atoms. The van der Waals surface area contributed by atoms with Crippen LogP contribution in [-0.2, 0) is 96.3 Å². The molecule has 1 unspecified atom stereocenters. The van der Waals surface area contributed by atoms with Gasteiger partial charge in [0.05, 0.1) is 27.0 Å². The minimum atomic E-state index is -1.53. The Balaban J connectivity index is 0.000000110. The number of hydrogen-bond acceptors (Lipinski definition) is 10. The highest BCUT2D eigenvalue weighted by Gasteiger charge is 2.41. The summed E-state index contributed by atoms with van der Waals surface area (Å²) in [5, 5.41) is 37.7. The number of ketones is 3. The number of rotatable bonds is 6. The summed E-state index contributed by atoms with van der Waals surface area (Å²) in [6.07, 6.45) is 23.5. The number of halogens is 1. The fourth-order valence-electron chi connectivity index (χ4n) is 16.9. The van der Waals surface area contributed by atoms with Crippen molar-refractivity contribution in [1.29, 1.82) is 0 Å². The number of hydrogen-bond donors (Lipinski definition) is 1.